The lowest BCUT2D eigenvalue weighted by atomic mass is 9.72. The summed E-state index contributed by atoms with van der Waals surface area (Å²) in [4.78, 5) is 2.49. The highest BCUT2D eigenvalue weighted by Gasteiger charge is 2.41. The molecule has 0 spiro atoms. The molecule has 1 N–H and O–H groups in total. The van der Waals surface area contributed by atoms with Gasteiger partial charge in [0.1, 0.15) is 11.3 Å². The average molecular weight is 432 g/mol. The number of aliphatic hydroxyl groups is 1. The van der Waals surface area contributed by atoms with Gasteiger partial charge >= 0.3 is 0 Å². The first-order chi connectivity index (χ1) is 15.4. The van der Waals surface area contributed by atoms with Gasteiger partial charge in [0.15, 0.2) is 0 Å². The Morgan fingerprint density at radius 1 is 0.781 bits per heavy atom. The molecule has 2 nitrogen and oxygen atoms in total. The number of piperidine rings is 1. The minimum atomic E-state index is -1.30. The molecule has 1 heterocycles. The molecular weight excluding hydrogens is 397 g/mol. The van der Waals surface area contributed by atoms with Gasteiger partial charge in [-0.2, -0.15) is 0 Å². The maximum Gasteiger partial charge on any atom is 0.130 e. The molecule has 1 saturated heterocycles. The van der Waals surface area contributed by atoms with Crippen molar-refractivity contribution in [3.8, 4) is 0 Å². The van der Waals surface area contributed by atoms with Gasteiger partial charge in [-0.05, 0) is 74.4 Å². The minimum Gasteiger partial charge on any atom is -0.380 e. The van der Waals surface area contributed by atoms with E-state index in [1.54, 1.807) is 13.8 Å². The smallest absolute Gasteiger partial charge is 0.130 e. The zero-order valence-electron chi connectivity index (χ0n) is 19.2. The summed E-state index contributed by atoms with van der Waals surface area (Å²) < 4.78 is 14.1. The maximum absolute atomic E-state index is 14.1. The molecule has 168 valence electrons. The van der Waals surface area contributed by atoms with Gasteiger partial charge in [0.25, 0.3) is 0 Å². The van der Waals surface area contributed by atoms with Crippen LogP contribution in [0.1, 0.15) is 48.9 Å². The fourth-order valence-corrected chi connectivity index (χ4v) is 4.95. The predicted octanol–water partition coefficient (Wildman–Crippen LogP) is 6.08. The van der Waals surface area contributed by atoms with Gasteiger partial charge in [0.2, 0.25) is 0 Å². The number of benzene rings is 3. The first-order valence-electron chi connectivity index (χ1n) is 11.7. The van der Waals surface area contributed by atoms with Gasteiger partial charge in [0, 0.05) is 6.54 Å². The van der Waals surface area contributed by atoms with Crippen LogP contribution in [0.3, 0.4) is 0 Å². The first-order valence-corrected chi connectivity index (χ1v) is 11.7. The van der Waals surface area contributed by atoms with E-state index in [2.05, 4.69) is 4.90 Å². The Labute approximate surface area is 191 Å². The summed E-state index contributed by atoms with van der Waals surface area (Å²) in [5.41, 5.74) is 1.65. The number of hydrogen-bond donors (Lipinski definition) is 1. The van der Waals surface area contributed by atoms with Crippen LogP contribution in [0.5, 0.6) is 0 Å². The van der Waals surface area contributed by atoms with E-state index in [1.165, 1.54) is 5.56 Å². The zero-order valence-corrected chi connectivity index (χ0v) is 19.2. The molecule has 1 fully saturated rings. The Hall–Kier alpha value is -2.49. The molecule has 4 rings (SSSR count). The Balaban J connectivity index is 1.40. The fraction of sp³-hybridized carbons (Fsp3) is 0.379. The van der Waals surface area contributed by atoms with Crippen molar-refractivity contribution in [2.24, 2.45) is 5.92 Å². The molecule has 3 aromatic rings. The maximum atomic E-state index is 14.1. The first kappa shape index (κ1) is 22.7. The van der Waals surface area contributed by atoms with E-state index in [0.29, 0.717) is 0 Å². The minimum absolute atomic E-state index is 0.176. The van der Waals surface area contributed by atoms with Crippen molar-refractivity contribution in [2.75, 3.05) is 19.6 Å². The van der Waals surface area contributed by atoms with Gasteiger partial charge in [0.05, 0.1) is 0 Å². The summed E-state index contributed by atoms with van der Waals surface area (Å²) >= 11 is 0. The molecular formula is C29H34FNO. The topological polar surface area (TPSA) is 23.5 Å². The van der Waals surface area contributed by atoms with Crippen LogP contribution < -0.4 is 0 Å². The molecule has 0 saturated carbocycles. The summed E-state index contributed by atoms with van der Waals surface area (Å²) in [6.45, 7) is 6.13. The van der Waals surface area contributed by atoms with Crippen LogP contribution in [0.4, 0.5) is 4.39 Å². The van der Waals surface area contributed by atoms with Gasteiger partial charge in [-0.1, -0.05) is 84.9 Å². The summed E-state index contributed by atoms with van der Waals surface area (Å²) in [5, 5.41) is 12.0. The van der Waals surface area contributed by atoms with Crippen LogP contribution in [0, 0.1) is 5.92 Å². The van der Waals surface area contributed by atoms with Crippen LogP contribution in [-0.2, 0) is 17.7 Å². The quantitative estimate of drug-likeness (QED) is 0.490. The van der Waals surface area contributed by atoms with E-state index in [4.69, 9.17) is 0 Å². The number of likely N-dealkylation sites (tertiary alicyclic amines) is 1. The van der Waals surface area contributed by atoms with E-state index in [1.807, 2.05) is 84.9 Å². The van der Waals surface area contributed by atoms with E-state index >= 15 is 0 Å². The van der Waals surface area contributed by atoms with Gasteiger partial charge < -0.3 is 10.0 Å². The van der Waals surface area contributed by atoms with Gasteiger partial charge in [-0.25, -0.2) is 4.39 Å². The van der Waals surface area contributed by atoms with Crippen LogP contribution in [-0.4, -0.2) is 29.6 Å². The molecule has 0 amide bonds. The monoisotopic (exact) mass is 431 g/mol. The van der Waals surface area contributed by atoms with E-state index in [0.717, 1.165) is 55.6 Å². The van der Waals surface area contributed by atoms with E-state index in [9.17, 15) is 9.50 Å². The van der Waals surface area contributed by atoms with Crippen molar-refractivity contribution >= 4 is 0 Å². The molecule has 0 bridgehead atoms. The van der Waals surface area contributed by atoms with Crippen LogP contribution >= 0.6 is 0 Å². The third-order valence-corrected chi connectivity index (χ3v) is 6.96. The Bertz CT molecular complexity index is 932. The van der Waals surface area contributed by atoms with Crippen LogP contribution in [0.2, 0.25) is 0 Å². The molecule has 32 heavy (non-hydrogen) atoms. The highest BCUT2D eigenvalue weighted by molar-refractivity contribution is 5.37. The lowest BCUT2D eigenvalue weighted by Gasteiger charge is -2.42. The molecule has 0 aliphatic carbocycles. The number of nitrogens with zero attached hydrogens (tertiary/aromatic N) is 1. The summed E-state index contributed by atoms with van der Waals surface area (Å²) in [6, 6.07) is 28.1. The Kier molecular flexibility index (Phi) is 6.78. The largest absolute Gasteiger partial charge is 0.380 e. The summed E-state index contributed by atoms with van der Waals surface area (Å²) in [7, 11) is 0. The predicted molar refractivity (Wildman–Crippen MR) is 129 cm³/mol. The average Bonchev–Trinajstić information content (AvgIpc) is 2.83. The van der Waals surface area contributed by atoms with Crippen molar-refractivity contribution in [1.82, 2.24) is 4.90 Å². The molecule has 0 atom stereocenters. The third kappa shape index (κ3) is 4.95. The number of halogens is 1. The number of hydrogen-bond acceptors (Lipinski definition) is 2. The SMILES string of the molecule is CC(C)(F)c1ccc(CCN2CCC(C(O)(c3ccccc3)c3ccccc3)CC2)cc1. The highest BCUT2D eigenvalue weighted by atomic mass is 19.1. The van der Waals surface area contributed by atoms with Crippen molar-refractivity contribution in [1.29, 1.82) is 0 Å². The van der Waals surface area contributed by atoms with Crippen LogP contribution in [0.25, 0.3) is 0 Å². The second-order valence-corrected chi connectivity index (χ2v) is 9.53. The van der Waals surface area contributed by atoms with E-state index < -0.39 is 11.3 Å². The van der Waals surface area contributed by atoms with Crippen molar-refractivity contribution in [2.45, 2.75) is 44.4 Å². The van der Waals surface area contributed by atoms with Crippen LogP contribution in [0.15, 0.2) is 84.9 Å². The second-order valence-electron chi connectivity index (χ2n) is 9.53. The van der Waals surface area contributed by atoms with Crippen molar-refractivity contribution < 1.29 is 9.50 Å². The third-order valence-electron chi connectivity index (χ3n) is 6.96. The Morgan fingerprint density at radius 3 is 1.75 bits per heavy atom. The summed E-state index contributed by atoms with van der Waals surface area (Å²) in [6.07, 6.45) is 2.86. The standard InChI is InChI=1S/C29H34FNO/c1-28(2,30)24-15-13-23(14-16-24)17-20-31-21-18-27(19-22-31)29(32,25-9-5-3-6-10-25)26-11-7-4-8-12-26/h3-16,27,32H,17-22H2,1-2H3. The molecule has 0 aromatic heterocycles. The number of alkyl halides is 1. The molecule has 3 heteroatoms. The summed E-state index contributed by atoms with van der Waals surface area (Å²) in [5.74, 6) is 0.176. The molecule has 0 radical (unpaired) electrons. The van der Waals surface area contributed by atoms with Crippen molar-refractivity contribution in [3.63, 3.8) is 0 Å². The highest BCUT2D eigenvalue weighted by Crippen LogP contribution is 2.41. The van der Waals surface area contributed by atoms with Gasteiger partial charge in [-0.15, -0.1) is 0 Å². The zero-order chi connectivity index (χ0) is 22.6. The van der Waals surface area contributed by atoms with E-state index in [-0.39, 0.29) is 5.92 Å². The lowest BCUT2D eigenvalue weighted by Crippen LogP contribution is -2.44. The molecule has 1 aliphatic heterocycles. The normalized spacial score (nSPS) is 16.2. The van der Waals surface area contributed by atoms with Crippen molar-refractivity contribution in [3.05, 3.63) is 107 Å². The molecule has 0 unspecified atom stereocenters. The molecule has 3 aromatic carbocycles. The second kappa shape index (κ2) is 9.56. The number of rotatable bonds is 7. The lowest BCUT2D eigenvalue weighted by molar-refractivity contribution is -0.0140. The Morgan fingerprint density at radius 2 is 1.28 bits per heavy atom. The fourth-order valence-electron chi connectivity index (χ4n) is 4.95. The van der Waals surface area contributed by atoms with Gasteiger partial charge in [-0.3, -0.25) is 0 Å². The molecule has 1 aliphatic rings.